The topological polar surface area (TPSA) is 38.3 Å². The monoisotopic (exact) mass is 197 g/mol. The van der Waals surface area contributed by atoms with E-state index < -0.39 is 5.54 Å². The van der Waals surface area contributed by atoms with Crippen LogP contribution in [-0.4, -0.2) is 24.7 Å². The first-order chi connectivity index (χ1) is 6.75. The third kappa shape index (κ3) is 2.35. The smallest absolute Gasteiger partial charge is 0.326 e. The van der Waals surface area contributed by atoms with E-state index in [-0.39, 0.29) is 5.97 Å². The van der Waals surface area contributed by atoms with Gasteiger partial charge < -0.3 is 10.1 Å². The van der Waals surface area contributed by atoms with E-state index in [4.69, 9.17) is 4.74 Å². The molecular formula is C11H19NO2. The third-order valence-electron chi connectivity index (χ3n) is 2.65. The van der Waals surface area contributed by atoms with Crippen molar-refractivity contribution >= 4 is 5.97 Å². The van der Waals surface area contributed by atoms with Crippen LogP contribution in [0, 0.1) is 0 Å². The summed E-state index contributed by atoms with van der Waals surface area (Å²) in [6, 6.07) is 0. The van der Waals surface area contributed by atoms with E-state index in [9.17, 15) is 4.79 Å². The molecule has 1 saturated heterocycles. The Morgan fingerprint density at radius 1 is 1.64 bits per heavy atom. The van der Waals surface area contributed by atoms with Crippen LogP contribution < -0.4 is 5.32 Å². The molecule has 80 valence electrons. The number of nitrogens with one attached hydrogen (secondary N) is 1. The predicted molar refractivity (Wildman–Crippen MR) is 56.0 cm³/mol. The lowest BCUT2D eigenvalue weighted by molar-refractivity contribution is -0.152. The van der Waals surface area contributed by atoms with Gasteiger partial charge in [-0.1, -0.05) is 6.08 Å². The van der Waals surface area contributed by atoms with Crippen LogP contribution in [0.2, 0.25) is 0 Å². The average molecular weight is 197 g/mol. The number of piperidine rings is 1. The molecule has 0 spiro atoms. The molecule has 1 atom stereocenters. The second kappa shape index (κ2) is 5.15. The number of rotatable bonds is 4. The van der Waals surface area contributed by atoms with Crippen molar-refractivity contribution in [3.8, 4) is 0 Å². The third-order valence-corrected chi connectivity index (χ3v) is 2.65. The minimum Gasteiger partial charge on any atom is -0.465 e. The standard InChI is InChI=1S/C11H19NO2/c1-3-7-11(10(13)14-4-2)8-5-6-9-12-11/h3,12H,1,4-9H2,2H3. The molecule has 0 saturated carbocycles. The molecule has 0 aromatic heterocycles. The van der Waals surface area contributed by atoms with Crippen molar-refractivity contribution in [1.82, 2.24) is 5.32 Å². The van der Waals surface area contributed by atoms with Crippen molar-refractivity contribution in [1.29, 1.82) is 0 Å². The fraction of sp³-hybridized carbons (Fsp3) is 0.727. The molecule has 3 nitrogen and oxygen atoms in total. The summed E-state index contributed by atoms with van der Waals surface area (Å²) < 4.78 is 5.09. The van der Waals surface area contributed by atoms with Gasteiger partial charge in [-0.2, -0.15) is 0 Å². The fourth-order valence-electron chi connectivity index (χ4n) is 1.92. The zero-order valence-electron chi connectivity index (χ0n) is 8.84. The number of carbonyl (C=O) groups excluding carboxylic acids is 1. The number of hydrogen-bond donors (Lipinski definition) is 1. The van der Waals surface area contributed by atoms with Gasteiger partial charge in [0.15, 0.2) is 0 Å². The highest BCUT2D eigenvalue weighted by Gasteiger charge is 2.39. The molecule has 1 aliphatic heterocycles. The Morgan fingerprint density at radius 3 is 2.93 bits per heavy atom. The zero-order chi connectivity index (χ0) is 10.4. The van der Waals surface area contributed by atoms with Crippen molar-refractivity contribution in [2.24, 2.45) is 0 Å². The van der Waals surface area contributed by atoms with Crippen LogP contribution in [0.15, 0.2) is 12.7 Å². The summed E-state index contributed by atoms with van der Waals surface area (Å²) in [5.74, 6) is -0.125. The highest BCUT2D eigenvalue weighted by Crippen LogP contribution is 2.24. The SMILES string of the molecule is C=CCC1(C(=O)OCC)CCCCN1. The van der Waals surface area contributed by atoms with Gasteiger partial charge in [0.05, 0.1) is 6.61 Å². The zero-order valence-corrected chi connectivity index (χ0v) is 8.84. The molecule has 0 aromatic carbocycles. The molecule has 14 heavy (non-hydrogen) atoms. The van der Waals surface area contributed by atoms with Crippen LogP contribution in [0.1, 0.15) is 32.6 Å². The van der Waals surface area contributed by atoms with Crippen LogP contribution in [-0.2, 0) is 9.53 Å². The van der Waals surface area contributed by atoms with E-state index in [0.29, 0.717) is 13.0 Å². The van der Waals surface area contributed by atoms with Gasteiger partial charge in [-0.05, 0) is 39.2 Å². The van der Waals surface area contributed by atoms with E-state index in [0.717, 1.165) is 25.8 Å². The molecule has 0 radical (unpaired) electrons. The first-order valence-electron chi connectivity index (χ1n) is 5.28. The Hall–Kier alpha value is -0.830. The first-order valence-corrected chi connectivity index (χ1v) is 5.28. The minimum absolute atomic E-state index is 0.125. The van der Waals surface area contributed by atoms with Gasteiger partial charge in [0.1, 0.15) is 5.54 Å². The summed E-state index contributed by atoms with van der Waals surface area (Å²) in [5, 5.41) is 3.27. The highest BCUT2D eigenvalue weighted by molar-refractivity contribution is 5.81. The predicted octanol–water partition coefficient (Wildman–Crippen LogP) is 1.64. The summed E-state index contributed by atoms with van der Waals surface area (Å²) in [6.45, 7) is 6.87. The Labute approximate surface area is 85.5 Å². The number of ether oxygens (including phenoxy) is 1. The maximum absolute atomic E-state index is 11.8. The Bertz CT molecular complexity index is 207. The first kappa shape index (κ1) is 11.2. The van der Waals surface area contributed by atoms with Crippen molar-refractivity contribution in [3.63, 3.8) is 0 Å². The maximum atomic E-state index is 11.8. The molecule has 0 aromatic rings. The Balaban J connectivity index is 2.68. The van der Waals surface area contributed by atoms with Crippen molar-refractivity contribution in [3.05, 3.63) is 12.7 Å². The molecular weight excluding hydrogens is 178 g/mol. The lowest BCUT2D eigenvalue weighted by Gasteiger charge is -2.35. The largest absolute Gasteiger partial charge is 0.465 e. The van der Waals surface area contributed by atoms with Crippen molar-refractivity contribution in [2.45, 2.75) is 38.1 Å². The van der Waals surface area contributed by atoms with Gasteiger partial charge in [0, 0.05) is 0 Å². The number of esters is 1. The van der Waals surface area contributed by atoms with E-state index in [1.165, 1.54) is 0 Å². The summed E-state index contributed by atoms with van der Waals surface area (Å²) in [5.41, 5.74) is -0.490. The summed E-state index contributed by atoms with van der Waals surface area (Å²) in [4.78, 5) is 11.8. The van der Waals surface area contributed by atoms with Crippen LogP contribution in [0.5, 0.6) is 0 Å². The summed E-state index contributed by atoms with van der Waals surface area (Å²) in [6.07, 6.45) is 5.52. The van der Waals surface area contributed by atoms with Crippen LogP contribution >= 0.6 is 0 Å². The molecule has 0 aliphatic carbocycles. The van der Waals surface area contributed by atoms with E-state index in [1.54, 1.807) is 6.08 Å². The molecule has 1 aliphatic rings. The van der Waals surface area contributed by atoms with Gasteiger partial charge in [-0.25, -0.2) is 0 Å². The quantitative estimate of drug-likeness (QED) is 0.550. The highest BCUT2D eigenvalue weighted by atomic mass is 16.5. The van der Waals surface area contributed by atoms with E-state index in [2.05, 4.69) is 11.9 Å². The minimum atomic E-state index is -0.490. The van der Waals surface area contributed by atoms with Gasteiger partial charge in [-0.15, -0.1) is 6.58 Å². The molecule has 1 heterocycles. The van der Waals surface area contributed by atoms with E-state index in [1.807, 2.05) is 6.92 Å². The van der Waals surface area contributed by atoms with Crippen molar-refractivity contribution in [2.75, 3.05) is 13.2 Å². The van der Waals surface area contributed by atoms with Gasteiger partial charge in [-0.3, -0.25) is 4.79 Å². The van der Waals surface area contributed by atoms with E-state index >= 15 is 0 Å². The lowest BCUT2D eigenvalue weighted by atomic mass is 9.86. The lowest BCUT2D eigenvalue weighted by Crippen LogP contribution is -2.55. The van der Waals surface area contributed by atoms with Crippen LogP contribution in [0.4, 0.5) is 0 Å². The van der Waals surface area contributed by atoms with Gasteiger partial charge in [0.25, 0.3) is 0 Å². The molecule has 3 heteroatoms. The van der Waals surface area contributed by atoms with Gasteiger partial charge >= 0.3 is 5.97 Å². The normalized spacial score (nSPS) is 26.9. The molecule has 1 unspecified atom stereocenters. The fourth-order valence-corrected chi connectivity index (χ4v) is 1.92. The van der Waals surface area contributed by atoms with Crippen LogP contribution in [0.25, 0.3) is 0 Å². The maximum Gasteiger partial charge on any atom is 0.326 e. The van der Waals surface area contributed by atoms with Crippen molar-refractivity contribution < 1.29 is 9.53 Å². The summed E-state index contributed by atoms with van der Waals surface area (Å²) in [7, 11) is 0. The Morgan fingerprint density at radius 2 is 2.43 bits per heavy atom. The number of carbonyl (C=O) groups is 1. The number of hydrogen-bond acceptors (Lipinski definition) is 3. The van der Waals surface area contributed by atoms with Gasteiger partial charge in [0.2, 0.25) is 0 Å². The molecule has 1 fully saturated rings. The molecule has 1 N–H and O–H groups in total. The summed E-state index contributed by atoms with van der Waals surface area (Å²) >= 11 is 0. The van der Waals surface area contributed by atoms with Crippen LogP contribution in [0.3, 0.4) is 0 Å². The molecule has 0 bridgehead atoms. The molecule has 0 amide bonds. The second-order valence-electron chi connectivity index (χ2n) is 3.68. The average Bonchev–Trinajstić information content (AvgIpc) is 2.20. The Kier molecular flexibility index (Phi) is 4.14. The second-order valence-corrected chi connectivity index (χ2v) is 3.68. The molecule has 1 rings (SSSR count).